The lowest BCUT2D eigenvalue weighted by molar-refractivity contribution is -0.173. The highest BCUT2D eigenvalue weighted by Crippen LogP contribution is 2.60. The number of hydrogen-bond acceptors (Lipinski definition) is 4. The Hall–Kier alpha value is -2.44. The summed E-state index contributed by atoms with van der Waals surface area (Å²) in [5.41, 5.74) is 4.24. The van der Waals surface area contributed by atoms with Gasteiger partial charge in [-0.3, -0.25) is 25.2 Å². The largest absolute Gasteiger partial charge is 0.455 e. The molecule has 0 unspecified atom stereocenters. The number of benzene rings is 1. The second kappa shape index (κ2) is 6.94. The number of amides is 2. The molecule has 5 rings (SSSR count). The van der Waals surface area contributed by atoms with Crippen molar-refractivity contribution in [3.63, 3.8) is 0 Å². The van der Waals surface area contributed by atoms with Crippen LogP contribution in [0.3, 0.4) is 0 Å². The number of hydrazine groups is 1. The van der Waals surface area contributed by atoms with Gasteiger partial charge in [0.2, 0.25) is 0 Å². The number of hydrogen-bond donors (Lipinski definition) is 2. The first-order chi connectivity index (χ1) is 12.9. The lowest BCUT2D eigenvalue weighted by atomic mass is 9.49. The van der Waals surface area contributed by atoms with Gasteiger partial charge in [0.1, 0.15) is 5.82 Å². The van der Waals surface area contributed by atoms with Crippen molar-refractivity contribution in [3.05, 3.63) is 35.6 Å². The van der Waals surface area contributed by atoms with Crippen LogP contribution in [0.15, 0.2) is 24.3 Å². The molecule has 144 valence electrons. The highest BCUT2D eigenvalue weighted by molar-refractivity contribution is 5.95. The van der Waals surface area contributed by atoms with Gasteiger partial charge in [0.25, 0.3) is 11.8 Å². The Morgan fingerprint density at radius 1 is 0.963 bits per heavy atom. The number of nitrogens with one attached hydrogen (secondary N) is 2. The zero-order chi connectivity index (χ0) is 19.0. The quantitative estimate of drug-likeness (QED) is 0.626. The fraction of sp³-hybridized carbons (Fsp3) is 0.550. The van der Waals surface area contributed by atoms with Gasteiger partial charge in [-0.15, -0.1) is 0 Å². The Balaban J connectivity index is 1.25. The second-order valence-electron chi connectivity index (χ2n) is 8.28. The van der Waals surface area contributed by atoms with Crippen LogP contribution in [0.5, 0.6) is 0 Å². The van der Waals surface area contributed by atoms with E-state index in [0.29, 0.717) is 17.8 Å². The minimum Gasteiger partial charge on any atom is -0.455 e. The zero-order valence-corrected chi connectivity index (χ0v) is 15.0. The summed E-state index contributed by atoms with van der Waals surface area (Å²) in [4.78, 5) is 36.4. The van der Waals surface area contributed by atoms with Crippen LogP contribution >= 0.6 is 0 Å². The molecule has 0 saturated heterocycles. The molecule has 4 bridgehead atoms. The topological polar surface area (TPSA) is 84.5 Å². The smallest absolute Gasteiger partial charge is 0.312 e. The van der Waals surface area contributed by atoms with E-state index in [4.69, 9.17) is 4.74 Å². The molecule has 1 aromatic carbocycles. The van der Waals surface area contributed by atoms with Gasteiger partial charge in [0.15, 0.2) is 6.61 Å². The summed E-state index contributed by atoms with van der Waals surface area (Å²) in [6.07, 6.45) is 6.30. The molecule has 4 fully saturated rings. The first-order valence-corrected chi connectivity index (χ1v) is 9.45. The van der Waals surface area contributed by atoms with Crippen LogP contribution in [0.25, 0.3) is 0 Å². The molecule has 4 aliphatic rings. The van der Waals surface area contributed by atoms with E-state index >= 15 is 0 Å². The van der Waals surface area contributed by atoms with Crippen LogP contribution in [0.4, 0.5) is 4.39 Å². The SMILES string of the molecule is O=C(COC(=O)C12CC3CC(CC(C3)C1)C2)NNC(=O)c1ccc(F)cc1. The summed E-state index contributed by atoms with van der Waals surface area (Å²) in [6.45, 7) is -0.426. The van der Waals surface area contributed by atoms with Gasteiger partial charge in [-0.25, -0.2) is 4.39 Å². The average Bonchev–Trinajstić information content (AvgIpc) is 2.63. The van der Waals surface area contributed by atoms with Crippen LogP contribution in [-0.2, 0) is 14.3 Å². The number of carbonyl (C=O) groups is 3. The fourth-order valence-corrected chi connectivity index (χ4v) is 5.48. The molecule has 2 amide bonds. The first kappa shape index (κ1) is 17.9. The summed E-state index contributed by atoms with van der Waals surface area (Å²) in [5, 5.41) is 0. The van der Waals surface area contributed by atoms with E-state index in [1.807, 2.05) is 0 Å². The lowest BCUT2D eigenvalue weighted by Gasteiger charge is -2.55. The number of ether oxygens (including phenoxy) is 1. The van der Waals surface area contributed by atoms with E-state index in [9.17, 15) is 18.8 Å². The summed E-state index contributed by atoms with van der Waals surface area (Å²) in [7, 11) is 0. The third-order valence-corrected chi connectivity index (χ3v) is 6.23. The van der Waals surface area contributed by atoms with Crippen LogP contribution in [0.1, 0.15) is 48.9 Å². The molecule has 0 atom stereocenters. The minimum atomic E-state index is -0.608. The van der Waals surface area contributed by atoms with Crippen LogP contribution < -0.4 is 10.9 Å². The first-order valence-electron chi connectivity index (χ1n) is 9.45. The van der Waals surface area contributed by atoms with E-state index in [1.165, 1.54) is 31.4 Å². The molecular formula is C20H23FN2O4. The van der Waals surface area contributed by atoms with Gasteiger partial charge in [-0.2, -0.15) is 0 Å². The van der Waals surface area contributed by atoms with Gasteiger partial charge in [-0.05, 0) is 80.5 Å². The van der Waals surface area contributed by atoms with Gasteiger partial charge in [0.05, 0.1) is 5.41 Å². The zero-order valence-electron chi connectivity index (χ0n) is 15.0. The highest BCUT2D eigenvalue weighted by atomic mass is 19.1. The Kier molecular flexibility index (Phi) is 4.61. The summed E-state index contributed by atoms with van der Waals surface area (Å²) >= 11 is 0. The van der Waals surface area contributed by atoms with Crippen molar-refractivity contribution in [2.24, 2.45) is 23.2 Å². The molecule has 7 heteroatoms. The van der Waals surface area contributed by atoms with Gasteiger partial charge >= 0.3 is 5.97 Å². The maximum Gasteiger partial charge on any atom is 0.312 e. The molecule has 4 saturated carbocycles. The van der Waals surface area contributed by atoms with Crippen LogP contribution in [0.2, 0.25) is 0 Å². The van der Waals surface area contributed by atoms with E-state index in [-0.39, 0.29) is 11.5 Å². The van der Waals surface area contributed by atoms with Crippen molar-refractivity contribution in [2.45, 2.75) is 38.5 Å². The minimum absolute atomic E-state index is 0.210. The maximum atomic E-state index is 12.9. The van der Waals surface area contributed by atoms with Gasteiger partial charge in [-0.1, -0.05) is 0 Å². The van der Waals surface area contributed by atoms with E-state index in [0.717, 1.165) is 31.4 Å². The maximum absolute atomic E-state index is 12.9. The average molecular weight is 374 g/mol. The highest BCUT2D eigenvalue weighted by Gasteiger charge is 2.55. The van der Waals surface area contributed by atoms with Crippen molar-refractivity contribution in [1.82, 2.24) is 10.9 Å². The molecule has 2 N–H and O–H groups in total. The number of carbonyl (C=O) groups excluding carboxylic acids is 3. The van der Waals surface area contributed by atoms with Crippen molar-refractivity contribution in [2.75, 3.05) is 6.61 Å². The Labute approximate surface area is 156 Å². The van der Waals surface area contributed by atoms with Gasteiger partial charge < -0.3 is 4.74 Å². The van der Waals surface area contributed by atoms with Crippen LogP contribution in [-0.4, -0.2) is 24.4 Å². The fourth-order valence-electron chi connectivity index (χ4n) is 5.48. The third kappa shape index (κ3) is 3.68. The molecule has 4 aliphatic carbocycles. The Morgan fingerprint density at radius 3 is 2.07 bits per heavy atom. The van der Waals surface area contributed by atoms with E-state index in [2.05, 4.69) is 10.9 Å². The lowest BCUT2D eigenvalue weighted by Crippen LogP contribution is -2.51. The van der Waals surface area contributed by atoms with E-state index in [1.54, 1.807) is 0 Å². The monoisotopic (exact) mass is 374 g/mol. The molecule has 0 aromatic heterocycles. The molecule has 0 heterocycles. The molecule has 6 nitrogen and oxygen atoms in total. The molecule has 1 aromatic rings. The molecule has 27 heavy (non-hydrogen) atoms. The summed E-state index contributed by atoms with van der Waals surface area (Å²) in [6, 6.07) is 4.93. The van der Waals surface area contributed by atoms with Crippen molar-refractivity contribution in [1.29, 1.82) is 0 Å². The van der Waals surface area contributed by atoms with Crippen molar-refractivity contribution in [3.8, 4) is 0 Å². The van der Waals surface area contributed by atoms with Gasteiger partial charge in [0, 0.05) is 5.56 Å². The molecule has 0 spiro atoms. The molecule has 0 aliphatic heterocycles. The van der Waals surface area contributed by atoms with Crippen molar-refractivity contribution < 1.29 is 23.5 Å². The normalized spacial score (nSPS) is 30.6. The number of halogens is 1. The molecular weight excluding hydrogens is 351 g/mol. The standard InChI is InChI=1S/C20H23FN2O4/c21-16-3-1-15(2-4-16)18(25)23-22-17(24)11-27-19(26)20-8-12-5-13(9-20)7-14(6-12)10-20/h1-4,12-14H,5-11H2,(H,22,24)(H,23,25). The summed E-state index contributed by atoms with van der Waals surface area (Å²) < 4.78 is 18.1. The van der Waals surface area contributed by atoms with Crippen LogP contribution in [0, 0.1) is 29.0 Å². The summed E-state index contributed by atoms with van der Waals surface area (Å²) in [5.74, 6) is -0.0547. The molecule has 0 radical (unpaired) electrons. The van der Waals surface area contributed by atoms with E-state index < -0.39 is 29.7 Å². The Morgan fingerprint density at radius 2 is 1.52 bits per heavy atom. The second-order valence-corrected chi connectivity index (χ2v) is 8.28. The number of esters is 1. The Bertz CT molecular complexity index is 726. The number of rotatable bonds is 4. The third-order valence-electron chi connectivity index (χ3n) is 6.23. The predicted molar refractivity (Wildman–Crippen MR) is 93.6 cm³/mol. The predicted octanol–water partition coefficient (Wildman–Crippen LogP) is 2.35. The van der Waals surface area contributed by atoms with Crippen molar-refractivity contribution >= 4 is 17.8 Å².